The number of anilines is 2. The Morgan fingerprint density at radius 3 is 2.70 bits per heavy atom. The molecule has 2 aromatic heterocycles. The fourth-order valence-electron chi connectivity index (χ4n) is 2.45. The van der Waals surface area contributed by atoms with E-state index in [2.05, 4.69) is 25.3 Å². The lowest BCUT2D eigenvalue weighted by atomic mass is 10.1. The van der Waals surface area contributed by atoms with Crippen molar-refractivity contribution in [2.75, 3.05) is 30.8 Å². The molecule has 0 unspecified atom stereocenters. The van der Waals surface area contributed by atoms with E-state index < -0.39 is 0 Å². The molecule has 2 aromatic rings. The van der Waals surface area contributed by atoms with Crippen molar-refractivity contribution in [3.8, 4) is 11.3 Å². The smallest absolute Gasteiger partial charge is 0.222 e. The highest BCUT2D eigenvalue weighted by atomic mass is 15.3. The summed E-state index contributed by atoms with van der Waals surface area (Å²) >= 11 is 0. The molecule has 106 valence electrons. The summed E-state index contributed by atoms with van der Waals surface area (Å²) in [5.74, 6) is 1.18. The average molecular weight is 273 g/mol. The van der Waals surface area contributed by atoms with Gasteiger partial charge in [-0.3, -0.25) is 4.68 Å². The highest BCUT2D eigenvalue weighted by molar-refractivity contribution is 5.66. The van der Waals surface area contributed by atoms with Crippen LogP contribution in [-0.2, 0) is 7.05 Å². The maximum Gasteiger partial charge on any atom is 0.222 e. The summed E-state index contributed by atoms with van der Waals surface area (Å²) in [4.78, 5) is 10.8. The number of likely N-dealkylation sites (N-methyl/N-ethyl adjacent to an activating group) is 1. The van der Waals surface area contributed by atoms with Crippen molar-refractivity contribution in [3.63, 3.8) is 0 Å². The predicted octanol–water partition coefficient (Wildman–Crippen LogP) is 0.176. The second-order valence-corrected chi connectivity index (χ2v) is 5.16. The first-order chi connectivity index (χ1) is 9.56. The second-order valence-electron chi connectivity index (χ2n) is 5.16. The van der Waals surface area contributed by atoms with Gasteiger partial charge in [0.05, 0.1) is 11.4 Å². The van der Waals surface area contributed by atoms with E-state index in [9.17, 15) is 0 Å². The van der Waals surface area contributed by atoms with Crippen LogP contribution in [0.25, 0.3) is 11.3 Å². The highest BCUT2D eigenvalue weighted by Gasteiger charge is 2.27. The first kappa shape index (κ1) is 12.9. The number of nitrogens with zero attached hydrogens (tertiary/aromatic N) is 5. The van der Waals surface area contributed by atoms with Crippen LogP contribution in [0.4, 0.5) is 11.8 Å². The van der Waals surface area contributed by atoms with Gasteiger partial charge in [0.1, 0.15) is 5.82 Å². The van der Waals surface area contributed by atoms with E-state index in [-0.39, 0.29) is 0 Å². The van der Waals surface area contributed by atoms with Crippen LogP contribution < -0.4 is 16.0 Å². The molecular formula is C13H19N7. The largest absolute Gasteiger partial charge is 0.368 e. The van der Waals surface area contributed by atoms with Crippen molar-refractivity contribution in [1.29, 1.82) is 0 Å². The second kappa shape index (κ2) is 4.75. The highest BCUT2D eigenvalue weighted by Crippen LogP contribution is 2.26. The lowest BCUT2D eigenvalue weighted by Gasteiger charge is -2.40. The number of hydrogen-bond acceptors (Lipinski definition) is 6. The molecule has 0 bridgehead atoms. The summed E-state index contributed by atoms with van der Waals surface area (Å²) < 4.78 is 1.78. The summed E-state index contributed by atoms with van der Waals surface area (Å²) in [5, 5.41) is 7.59. The lowest BCUT2D eigenvalue weighted by molar-refractivity contribution is 0.447. The summed E-state index contributed by atoms with van der Waals surface area (Å²) in [6.07, 6.45) is 1.95. The normalized spacial score (nSPS) is 15.4. The Morgan fingerprint density at radius 1 is 1.35 bits per heavy atom. The molecule has 0 aromatic carbocycles. The van der Waals surface area contributed by atoms with Gasteiger partial charge in [0.2, 0.25) is 5.95 Å². The molecule has 7 nitrogen and oxygen atoms in total. The average Bonchev–Trinajstić information content (AvgIpc) is 2.66. The number of rotatable bonds is 3. The molecule has 20 heavy (non-hydrogen) atoms. The minimum absolute atomic E-state index is 0.300. The van der Waals surface area contributed by atoms with Crippen LogP contribution in [0.5, 0.6) is 0 Å². The van der Waals surface area contributed by atoms with E-state index in [1.807, 2.05) is 33.3 Å². The van der Waals surface area contributed by atoms with Crippen LogP contribution in [0.1, 0.15) is 5.69 Å². The van der Waals surface area contributed by atoms with Crippen LogP contribution in [0.3, 0.4) is 0 Å². The van der Waals surface area contributed by atoms with Crippen molar-refractivity contribution in [1.82, 2.24) is 25.1 Å². The third-order valence-electron chi connectivity index (χ3n) is 3.63. The molecule has 0 atom stereocenters. The van der Waals surface area contributed by atoms with Gasteiger partial charge in [-0.15, -0.1) is 0 Å². The number of nitrogens with two attached hydrogens (primary N) is 1. The Kier molecular flexibility index (Phi) is 3.06. The maximum atomic E-state index is 5.85. The molecule has 0 radical (unpaired) electrons. The summed E-state index contributed by atoms with van der Waals surface area (Å²) in [5.41, 5.74) is 8.60. The molecule has 3 rings (SSSR count). The molecule has 0 saturated carbocycles. The van der Waals surface area contributed by atoms with E-state index >= 15 is 0 Å². The van der Waals surface area contributed by atoms with Gasteiger partial charge in [-0.25, -0.2) is 4.98 Å². The molecule has 1 saturated heterocycles. The van der Waals surface area contributed by atoms with Crippen molar-refractivity contribution >= 4 is 11.8 Å². The molecule has 0 spiro atoms. The predicted molar refractivity (Wildman–Crippen MR) is 78.4 cm³/mol. The van der Waals surface area contributed by atoms with Gasteiger partial charge in [0.15, 0.2) is 0 Å². The van der Waals surface area contributed by atoms with E-state index in [0.29, 0.717) is 12.0 Å². The van der Waals surface area contributed by atoms with E-state index in [0.717, 1.165) is 35.9 Å². The van der Waals surface area contributed by atoms with Crippen molar-refractivity contribution in [2.45, 2.75) is 13.0 Å². The Balaban J connectivity index is 1.93. The van der Waals surface area contributed by atoms with Crippen LogP contribution >= 0.6 is 0 Å². The van der Waals surface area contributed by atoms with Crippen LogP contribution in [-0.4, -0.2) is 45.9 Å². The van der Waals surface area contributed by atoms with Crippen LogP contribution in [0, 0.1) is 6.92 Å². The Hall–Kier alpha value is -2.15. The number of aryl methyl sites for hydroxylation is 2. The SMILES string of the molecule is CNC1CN(c2cc(-c3cn(C)nc3C)nc(N)n2)C1. The number of hydrogen-bond donors (Lipinski definition) is 2. The van der Waals surface area contributed by atoms with Crippen molar-refractivity contribution in [2.24, 2.45) is 7.05 Å². The minimum atomic E-state index is 0.300. The lowest BCUT2D eigenvalue weighted by Crippen LogP contribution is -2.57. The number of aromatic nitrogens is 4. The van der Waals surface area contributed by atoms with Gasteiger partial charge in [0, 0.05) is 44.0 Å². The third kappa shape index (κ3) is 2.20. The fourth-order valence-corrected chi connectivity index (χ4v) is 2.45. The molecule has 1 aliphatic heterocycles. The topological polar surface area (TPSA) is 84.9 Å². The zero-order valence-corrected chi connectivity index (χ0v) is 12.0. The molecule has 1 aliphatic rings. The summed E-state index contributed by atoms with van der Waals surface area (Å²) in [6, 6.07) is 2.50. The molecule has 3 heterocycles. The quantitative estimate of drug-likeness (QED) is 0.829. The molecule has 0 aliphatic carbocycles. The van der Waals surface area contributed by atoms with Gasteiger partial charge in [-0.2, -0.15) is 10.1 Å². The maximum absolute atomic E-state index is 5.85. The first-order valence-electron chi connectivity index (χ1n) is 6.64. The van der Waals surface area contributed by atoms with Gasteiger partial charge >= 0.3 is 0 Å². The first-order valence-corrected chi connectivity index (χ1v) is 6.64. The van der Waals surface area contributed by atoms with Crippen molar-refractivity contribution in [3.05, 3.63) is 18.0 Å². The molecule has 1 fully saturated rings. The Labute approximate surface area is 117 Å². The van der Waals surface area contributed by atoms with Crippen LogP contribution in [0.15, 0.2) is 12.3 Å². The van der Waals surface area contributed by atoms with Gasteiger partial charge < -0.3 is 16.0 Å². The summed E-state index contributed by atoms with van der Waals surface area (Å²) in [6.45, 7) is 3.85. The Morgan fingerprint density at radius 2 is 2.10 bits per heavy atom. The zero-order chi connectivity index (χ0) is 14.3. The number of nitrogens with one attached hydrogen (secondary N) is 1. The van der Waals surface area contributed by atoms with Gasteiger partial charge in [-0.1, -0.05) is 0 Å². The zero-order valence-electron chi connectivity index (χ0n) is 12.0. The Bertz CT molecular complexity index is 628. The summed E-state index contributed by atoms with van der Waals surface area (Å²) in [7, 11) is 3.87. The van der Waals surface area contributed by atoms with Gasteiger partial charge in [-0.05, 0) is 14.0 Å². The fraction of sp³-hybridized carbons (Fsp3) is 0.462. The third-order valence-corrected chi connectivity index (χ3v) is 3.63. The molecular weight excluding hydrogens is 254 g/mol. The molecule has 0 amide bonds. The van der Waals surface area contributed by atoms with Crippen molar-refractivity contribution < 1.29 is 0 Å². The molecule has 7 heteroatoms. The van der Waals surface area contributed by atoms with Gasteiger partial charge in [0.25, 0.3) is 0 Å². The van der Waals surface area contributed by atoms with E-state index in [4.69, 9.17) is 5.73 Å². The van der Waals surface area contributed by atoms with E-state index in [1.54, 1.807) is 4.68 Å². The molecule has 3 N–H and O–H groups in total. The van der Waals surface area contributed by atoms with Crippen LogP contribution in [0.2, 0.25) is 0 Å². The number of nitrogen functional groups attached to an aromatic ring is 1. The monoisotopic (exact) mass is 273 g/mol. The standard InChI is InChI=1S/C13H19N7/c1-8-10(7-19(3)18-8)11-4-12(17-13(14)16-11)20-5-9(6-20)15-2/h4,7,9,15H,5-6H2,1-3H3,(H2,14,16,17). The minimum Gasteiger partial charge on any atom is -0.368 e. The van der Waals surface area contributed by atoms with E-state index in [1.165, 1.54) is 0 Å².